The number of nitrogens with one attached hydrogen (secondary N) is 1. The van der Waals surface area contributed by atoms with Crippen molar-refractivity contribution < 1.29 is 22.4 Å². The minimum atomic E-state index is -4.15. The number of nitrogens with zero attached hydrogens (tertiary/aromatic N) is 3. The number of rotatable bonds is 11. The molecule has 0 radical (unpaired) electrons. The molecule has 0 saturated carbocycles. The van der Waals surface area contributed by atoms with Crippen molar-refractivity contribution in [2.75, 3.05) is 32.0 Å². The highest BCUT2D eigenvalue weighted by molar-refractivity contribution is 7.90. The van der Waals surface area contributed by atoms with Crippen molar-refractivity contribution in [2.45, 2.75) is 19.0 Å². The first-order chi connectivity index (χ1) is 18.0. The summed E-state index contributed by atoms with van der Waals surface area (Å²) in [5, 5.41) is 3.07. The van der Waals surface area contributed by atoms with E-state index in [2.05, 4.69) is 5.32 Å². The molecule has 0 unspecified atom stereocenters. The van der Waals surface area contributed by atoms with Crippen molar-refractivity contribution in [3.05, 3.63) is 101 Å². The first kappa shape index (κ1) is 29.1. The van der Waals surface area contributed by atoms with Gasteiger partial charge < -0.3 is 10.2 Å². The smallest absolute Gasteiger partial charge is 0.304 e. The summed E-state index contributed by atoms with van der Waals surface area (Å²) in [5.41, 5.74) is 1.59. The molecule has 3 aromatic carbocycles. The zero-order valence-corrected chi connectivity index (χ0v) is 22.9. The number of carbonyl (C=O) groups excluding carboxylic acids is 2. The van der Waals surface area contributed by atoms with Gasteiger partial charge in [-0.25, -0.2) is 8.70 Å². The van der Waals surface area contributed by atoms with E-state index in [9.17, 15) is 22.4 Å². The fraction of sp³-hybridized carbons (Fsp3) is 0.259. The van der Waals surface area contributed by atoms with Gasteiger partial charge in [-0.05, 0) is 47.5 Å². The Morgan fingerprint density at radius 1 is 0.947 bits per heavy atom. The Hall–Kier alpha value is -3.47. The monoisotopic (exact) mass is 560 g/mol. The van der Waals surface area contributed by atoms with Crippen LogP contribution in [0.3, 0.4) is 0 Å². The van der Waals surface area contributed by atoms with E-state index in [0.29, 0.717) is 10.6 Å². The summed E-state index contributed by atoms with van der Waals surface area (Å²) in [4.78, 5) is 28.4. The molecular weight excluding hydrogens is 531 g/mol. The van der Waals surface area contributed by atoms with Gasteiger partial charge in [-0.15, -0.1) is 0 Å². The second-order valence-corrected chi connectivity index (χ2v) is 11.2. The molecule has 0 aliphatic heterocycles. The maximum atomic E-state index is 13.9. The maximum Gasteiger partial charge on any atom is 0.304 e. The van der Waals surface area contributed by atoms with Crippen molar-refractivity contribution in [2.24, 2.45) is 0 Å². The summed E-state index contributed by atoms with van der Waals surface area (Å²) in [6.45, 7) is -0.613. The van der Waals surface area contributed by atoms with E-state index in [4.69, 9.17) is 11.6 Å². The summed E-state index contributed by atoms with van der Waals surface area (Å²) in [6.07, 6.45) is 0.198. The Morgan fingerprint density at radius 3 is 2.16 bits per heavy atom. The van der Waals surface area contributed by atoms with Gasteiger partial charge >= 0.3 is 10.2 Å². The van der Waals surface area contributed by atoms with Crippen LogP contribution in [0.25, 0.3) is 0 Å². The first-order valence-corrected chi connectivity index (χ1v) is 13.6. The normalized spacial score (nSPS) is 12.2. The Bertz CT molecular complexity index is 1360. The number of carbonyl (C=O) groups is 2. The number of likely N-dealkylation sites (N-methyl/N-ethyl adjacent to an activating group) is 1. The quantitative estimate of drug-likeness (QED) is 0.389. The third-order valence-electron chi connectivity index (χ3n) is 5.89. The van der Waals surface area contributed by atoms with Gasteiger partial charge in [-0.3, -0.25) is 9.59 Å². The molecular formula is C27H30ClFN4O4S. The lowest BCUT2D eigenvalue weighted by Crippen LogP contribution is -2.53. The van der Waals surface area contributed by atoms with Crippen LogP contribution in [0.4, 0.5) is 10.1 Å². The van der Waals surface area contributed by atoms with Crippen LogP contribution < -0.4 is 9.62 Å². The number of amides is 2. The number of anilines is 1. The summed E-state index contributed by atoms with van der Waals surface area (Å²) in [6, 6.07) is 19.9. The molecule has 2 amide bonds. The van der Waals surface area contributed by atoms with Crippen LogP contribution in [0, 0.1) is 5.82 Å². The summed E-state index contributed by atoms with van der Waals surface area (Å²) in [5.74, 6) is -1.58. The Balaban J connectivity index is 2.06. The molecule has 3 aromatic rings. The summed E-state index contributed by atoms with van der Waals surface area (Å²) < 4.78 is 41.9. The highest BCUT2D eigenvalue weighted by Gasteiger charge is 2.34. The van der Waals surface area contributed by atoms with E-state index in [0.717, 1.165) is 26.3 Å². The van der Waals surface area contributed by atoms with Crippen LogP contribution in [0.15, 0.2) is 78.9 Å². The van der Waals surface area contributed by atoms with Gasteiger partial charge in [0.25, 0.3) is 0 Å². The van der Waals surface area contributed by atoms with Crippen molar-refractivity contribution in [1.82, 2.24) is 14.5 Å². The maximum absolute atomic E-state index is 13.9. The van der Waals surface area contributed by atoms with Crippen molar-refractivity contribution in [3.63, 3.8) is 0 Å². The molecule has 0 aliphatic carbocycles. The molecule has 0 spiro atoms. The Kier molecular flexibility index (Phi) is 9.84. The minimum absolute atomic E-state index is 0.00355. The largest absolute Gasteiger partial charge is 0.357 e. The topological polar surface area (TPSA) is 90.0 Å². The SMILES string of the molecule is CNC(=O)[C@@H](Cc1ccccc1)N(Cc1cccc(Cl)c1)C(=O)CN(c1ccc(F)cc1)S(=O)(=O)N(C)C. The molecule has 0 aliphatic rings. The number of hydrogen-bond donors (Lipinski definition) is 1. The van der Waals surface area contributed by atoms with Crippen LogP contribution in [0.2, 0.25) is 5.02 Å². The third kappa shape index (κ3) is 7.31. The van der Waals surface area contributed by atoms with E-state index in [1.807, 2.05) is 30.3 Å². The molecule has 0 aromatic heterocycles. The molecule has 1 N–H and O–H groups in total. The second-order valence-electron chi connectivity index (χ2n) is 8.74. The van der Waals surface area contributed by atoms with Crippen LogP contribution in [0.1, 0.15) is 11.1 Å². The molecule has 38 heavy (non-hydrogen) atoms. The van der Waals surface area contributed by atoms with E-state index < -0.39 is 40.4 Å². The van der Waals surface area contributed by atoms with Gasteiger partial charge in [-0.1, -0.05) is 54.1 Å². The number of hydrogen-bond acceptors (Lipinski definition) is 4. The zero-order valence-electron chi connectivity index (χ0n) is 21.3. The number of halogens is 2. The predicted molar refractivity (Wildman–Crippen MR) is 146 cm³/mol. The molecule has 0 saturated heterocycles. The van der Waals surface area contributed by atoms with Crippen LogP contribution in [-0.2, 0) is 32.8 Å². The van der Waals surface area contributed by atoms with Crippen molar-refractivity contribution in [3.8, 4) is 0 Å². The molecule has 1 atom stereocenters. The highest BCUT2D eigenvalue weighted by Crippen LogP contribution is 2.22. The average molecular weight is 561 g/mol. The molecule has 0 bridgehead atoms. The lowest BCUT2D eigenvalue weighted by molar-refractivity contribution is -0.139. The lowest BCUT2D eigenvalue weighted by atomic mass is 10.0. The fourth-order valence-electron chi connectivity index (χ4n) is 3.88. The lowest BCUT2D eigenvalue weighted by Gasteiger charge is -2.34. The third-order valence-corrected chi connectivity index (χ3v) is 7.95. The van der Waals surface area contributed by atoms with Gasteiger partial charge in [0.05, 0.1) is 5.69 Å². The van der Waals surface area contributed by atoms with E-state index >= 15 is 0 Å². The molecule has 11 heteroatoms. The van der Waals surface area contributed by atoms with Gasteiger partial charge in [0, 0.05) is 39.1 Å². The molecule has 0 heterocycles. The first-order valence-electron chi connectivity index (χ1n) is 11.8. The van der Waals surface area contributed by atoms with Gasteiger partial charge in [-0.2, -0.15) is 12.7 Å². The van der Waals surface area contributed by atoms with Gasteiger partial charge in [0.15, 0.2) is 0 Å². The summed E-state index contributed by atoms with van der Waals surface area (Å²) >= 11 is 6.17. The molecule has 202 valence electrons. The minimum Gasteiger partial charge on any atom is -0.357 e. The van der Waals surface area contributed by atoms with Crippen molar-refractivity contribution in [1.29, 1.82) is 0 Å². The second kappa shape index (κ2) is 12.9. The van der Waals surface area contributed by atoms with Crippen molar-refractivity contribution >= 4 is 39.3 Å². The zero-order chi connectivity index (χ0) is 27.9. The van der Waals surface area contributed by atoms with E-state index in [1.165, 1.54) is 38.2 Å². The van der Waals surface area contributed by atoms with Gasteiger partial charge in [0.2, 0.25) is 11.8 Å². The van der Waals surface area contributed by atoms with E-state index in [-0.39, 0.29) is 18.7 Å². The van der Waals surface area contributed by atoms with Crippen LogP contribution in [-0.4, -0.2) is 63.2 Å². The molecule has 8 nitrogen and oxygen atoms in total. The fourth-order valence-corrected chi connectivity index (χ4v) is 5.15. The average Bonchev–Trinajstić information content (AvgIpc) is 2.89. The molecule has 3 rings (SSSR count). The van der Waals surface area contributed by atoms with Crippen LogP contribution in [0.5, 0.6) is 0 Å². The number of benzene rings is 3. The molecule has 0 fully saturated rings. The standard InChI is InChI=1S/C27H30ClFN4O4S/c1-30-27(35)25(17-20-8-5-4-6-9-20)32(18-21-10-7-11-22(28)16-21)26(34)19-33(38(36,37)31(2)3)24-14-12-23(29)13-15-24/h4-16,25H,17-19H2,1-3H3,(H,30,35)/t25-/m1/s1. The predicted octanol–water partition coefficient (Wildman–Crippen LogP) is 3.48. The van der Waals surface area contributed by atoms with E-state index in [1.54, 1.807) is 24.3 Å². The summed E-state index contributed by atoms with van der Waals surface area (Å²) in [7, 11) is -0.000270. The Labute approximate surface area is 227 Å². The highest BCUT2D eigenvalue weighted by atomic mass is 35.5. The Morgan fingerprint density at radius 2 is 1.58 bits per heavy atom. The van der Waals surface area contributed by atoms with Gasteiger partial charge in [0.1, 0.15) is 18.4 Å². The van der Waals surface area contributed by atoms with Crippen LogP contribution >= 0.6 is 11.6 Å².